The summed E-state index contributed by atoms with van der Waals surface area (Å²) in [6, 6.07) is 0. The number of imidazole rings is 1. The van der Waals surface area contributed by atoms with Gasteiger partial charge in [-0.1, -0.05) is 0 Å². The van der Waals surface area contributed by atoms with E-state index in [9.17, 15) is 28.8 Å². The number of anilines is 1. The Balaban J connectivity index is 1.73. The van der Waals surface area contributed by atoms with Crippen molar-refractivity contribution >= 4 is 52.3 Å². The number of phosphoric acid groups is 3. The minimum absolute atomic E-state index is 0.0918. The number of nitrogens with two attached hydrogens (primary N) is 1. The second-order valence-electron chi connectivity index (χ2n) is 6.35. The van der Waals surface area contributed by atoms with Crippen molar-refractivity contribution in [3.8, 4) is 0 Å². The van der Waals surface area contributed by atoms with E-state index in [0.29, 0.717) is 10.5 Å². The van der Waals surface area contributed by atoms with E-state index in [2.05, 4.69) is 28.1 Å². The van der Waals surface area contributed by atoms with E-state index < -0.39 is 54.6 Å². The molecule has 2 aromatic rings. The maximum Gasteiger partial charge on any atom is 0.490 e. The summed E-state index contributed by atoms with van der Waals surface area (Å²) in [6.45, 7) is -0.960. The summed E-state index contributed by atoms with van der Waals surface area (Å²) < 4.78 is 52.2. The first-order valence-electron chi connectivity index (χ1n) is 8.46. The predicted molar refractivity (Wildman–Crippen MR) is 107 cm³/mol. The molecule has 6 atom stereocenters. The Morgan fingerprint density at radius 1 is 1.12 bits per heavy atom. The largest absolute Gasteiger partial charge is 0.490 e. The molecule has 22 heteroatoms. The first-order valence-corrected chi connectivity index (χ1v) is 14.2. The number of thioether (sulfide) groups is 1. The van der Waals surface area contributed by atoms with Crippen LogP contribution < -0.4 is 5.73 Å². The lowest BCUT2D eigenvalue weighted by Crippen LogP contribution is -2.33. The molecule has 0 radical (unpaired) electrons. The van der Waals surface area contributed by atoms with Crippen LogP contribution >= 0.6 is 35.2 Å². The SMILES string of the molecule is CSc1nc(N)nc2c1ncn2[C@@H]1O[C@H](COP(=O)(O)OP(=O)(O)OP(=O)(O)O)[C@@H](O)[C@H]1O. The highest BCUT2D eigenvalue weighted by Gasteiger charge is 2.47. The number of nitrogen functional groups attached to an aromatic ring is 1. The van der Waals surface area contributed by atoms with Crippen molar-refractivity contribution < 1.29 is 61.4 Å². The van der Waals surface area contributed by atoms with Gasteiger partial charge in [-0.25, -0.2) is 23.7 Å². The number of rotatable bonds is 9. The maximum absolute atomic E-state index is 11.9. The fourth-order valence-corrected chi connectivity index (χ4v) is 6.35. The van der Waals surface area contributed by atoms with Crippen molar-refractivity contribution in [3.05, 3.63) is 6.33 Å². The van der Waals surface area contributed by atoms with Crippen LogP contribution in [-0.2, 0) is 31.6 Å². The molecule has 18 nitrogen and oxygen atoms in total. The third-order valence-corrected chi connectivity index (χ3v) is 8.50. The zero-order chi connectivity index (χ0) is 24.8. The van der Waals surface area contributed by atoms with E-state index in [1.807, 2.05) is 0 Å². The first kappa shape index (κ1) is 26.6. The van der Waals surface area contributed by atoms with Crippen molar-refractivity contribution in [1.82, 2.24) is 19.5 Å². The summed E-state index contributed by atoms with van der Waals surface area (Å²) in [7, 11) is -16.7. The molecule has 0 spiro atoms. The Morgan fingerprint density at radius 2 is 1.79 bits per heavy atom. The molecule has 1 fully saturated rings. The quantitative estimate of drug-likeness (QED) is 0.112. The van der Waals surface area contributed by atoms with Crippen LogP contribution in [-0.4, -0.2) is 80.5 Å². The van der Waals surface area contributed by atoms with Gasteiger partial charge in [-0.05, 0) is 6.26 Å². The Labute approximate surface area is 188 Å². The Hall–Kier alpha value is -1.01. The van der Waals surface area contributed by atoms with Crippen LogP contribution in [0.4, 0.5) is 5.95 Å². The van der Waals surface area contributed by atoms with Crippen LogP contribution in [0.1, 0.15) is 6.23 Å². The summed E-state index contributed by atoms with van der Waals surface area (Å²) in [4.78, 5) is 47.9. The summed E-state index contributed by atoms with van der Waals surface area (Å²) in [5.74, 6) is -0.0918. The van der Waals surface area contributed by atoms with Crippen molar-refractivity contribution in [3.63, 3.8) is 0 Å². The molecule has 0 aromatic carbocycles. The number of aliphatic hydroxyl groups is 2. The summed E-state index contributed by atoms with van der Waals surface area (Å²) >= 11 is 1.23. The van der Waals surface area contributed by atoms with E-state index in [-0.39, 0.29) is 11.6 Å². The average Bonchev–Trinajstić information content (AvgIpc) is 3.18. The molecule has 0 aliphatic carbocycles. The molecule has 186 valence electrons. The zero-order valence-corrected chi connectivity index (χ0v) is 19.8. The van der Waals surface area contributed by atoms with E-state index in [1.165, 1.54) is 22.7 Å². The molecule has 0 amide bonds. The zero-order valence-electron chi connectivity index (χ0n) is 16.3. The number of hydrogen-bond acceptors (Lipinski definition) is 14. The van der Waals surface area contributed by atoms with Crippen LogP contribution in [0.25, 0.3) is 11.2 Å². The van der Waals surface area contributed by atoms with Crippen LogP contribution in [0.15, 0.2) is 11.4 Å². The molecule has 3 heterocycles. The number of aromatic nitrogens is 4. The fourth-order valence-electron chi connectivity index (χ4n) is 2.80. The van der Waals surface area contributed by atoms with E-state index in [4.69, 9.17) is 25.2 Å². The van der Waals surface area contributed by atoms with Crippen molar-refractivity contribution in [2.75, 3.05) is 18.6 Å². The maximum atomic E-state index is 11.9. The number of aliphatic hydroxyl groups excluding tert-OH is 2. The van der Waals surface area contributed by atoms with Crippen LogP contribution in [0.3, 0.4) is 0 Å². The van der Waals surface area contributed by atoms with Gasteiger partial charge in [0.2, 0.25) is 5.95 Å². The molecular formula is C11H18N5O13P3S. The number of ether oxygens (including phenoxy) is 1. The minimum atomic E-state index is -5.71. The molecule has 2 aromatic heterocycles. The summed E-state index contributed by atoms with van der Waals surface area (Å²) in [5, 5.41) is 21.1. The fraction of sp³-hybridized carbons (Fsp3) is 0.545. The molecule has 8 N–H and O–H groups in total. The molecular weight excluding hydrogens is 535 g/mol. The molecule has 1 saturated heterocycles. The molecule has 1 aliphatic rings. The summed E-state index contributed by atoms with van der Waals surface area (Å²) in [5.41, 5.74) is 6.17. The molecule has 2 unspecified atom stereocenters. The summed E-state index contributed by atoms with van der Waals surface area (Å²) in [6.07, 6.45) is -3.09. The van der Waals surface area contributed by atoms with E-state index >= 15 is 0 Å². The number of phosphoric ester groups is 1. The van der Waals surface area contributed by atoms with Gasteiger partial charge in [0.25, 0.3) is 0 Å². The highest BCUT2D eigenvalue weighted by Crippen LogP contribution is 2.66. The number of fused-ring (bicyclic) bond motifs is 1. The second kappa shape index (κ2) is 9.56. The lowest BCUT2D eigenvalue weighted by molar-refractivity contribution is -0.0503. The normalized spacial score (nSPS) is 27.5. The standard InChI is InChI=1S/C11H18N5O13P3S/c1-33-9-5-8(14-11(12)15-9)16(3-13-5)10-7(18)6(17)4(27-10)2-26-31(22,23)29-32(24,25)28-30(19,20)21/h3-4,6-7,10,17-18H,2H2,1H3,(H,22,23)(H,24,25)(H2,12,14,15)(H2,19,20,21)/t4-,6-,7-,10-/m1/s1. The lowest BCUT2D eigenvalue weighted by Gasteiger charge is -2.19. The Kier molecular flexibility index (Phi) is 7.71. The Morgan fingerprint density at radius 3 is 2.39 bits per heavy atom. The molecule has 3 rings (SSSR count). The highest BCUT2D eigenvalue weighted by atomic mass is 32.2. The van der Waals surface area contributed by atoms with Gasteiger partial charge in [0, 0.05) is 0 Å². The van der Waals surface area contributed by atoms with Gasteiger partial charge in [-0.3, -0.25) is 9.09 Å². The number of hydrogen-bond donors (Lipinski definition) is 7. The highest BCUT2D eigenvalue weighted by molar-refractivity contribution is 7.98. The van der Waals surface area contributed by atoms with Gasteiger partial charge < -0.3 is 40.3 Å². The second-order valence-corrected chi connectivity index (χ2v) is 11.6. The predicted octanol–water partition coefficient (Wildman–Crippen LogP) is -0.907. The van der Waals surface area contributed by atoms with Gasteiger partial charge in [-0.15, -0.1) is 11.8 Å². The van der Waals surface area contributed by atoms with Gasteiger partial charge in [0.05, 0.1) is 12.9 Å². The third kappa shape index (κ3) is 6.36. The monoisotopic (exact) mass is 553 g/mol. The van der Waals surface area contributed by atoms with Crippen molar-refractivity contribution in [2.24, 2.45) is 0 Å². The average molecular weight is 553 g/mol. The third-order valence-electron chi connectivity index (χ3n) is 4.03. The topological polar surface area (TPSA) is 279 Å². The number of nitrogens with zero attached hydrogens (tertiary/aromatic N) is 4. The molecule has 0 saturated carbocycles. The molecule has 33 heavy (non-hydrogen) atoms. The van der Waals surface area contributed by atoms with Crippen LogP contribution in [0.2, 0.25) is 0 Å². The van der Waals surface area contributed by atoms with Crippen LogP contribution in [0.5, 0.6) is 0 Å². The van der Waals surface area contributed by atoms with Crippen molar-refractivity contribution in [2.45, 2.75) is 29.6 Å². The van der Waals surface area contributed by atoms with E-state index in [0.717, 1.165) is 0 Å². The molecule has 1 aliphatic heterocycles. The Bertz CT molecular complexity index is 1170. The lowest BCUT2D eigenvalue weighted by atomic mass is 10.1. The minimum Gasteiger partial charge on any atom is -0.387 e. The van der Waals surface area contributed by atoms with Gasteiger partial charge >= 0.3 is 23.5 Å². The van der Waals surface area contributed by atoms with Crippen molar-refractivity contribution in [1.29, 1.82) is 0 Å². The van der Waals surface area contributed by atoms with E-state index in [1.54, 1.807) is 6.26 Å². The van der Waals surface area contributed by atoms with Gasteiger partial charge in [-0.2, -0.15) is 13.6 Å². The first-order chi connectivity index (χ1) is 15.1. The van der Waals surface area contributed by atoms with Gasteiger partial charge in [0.1, 0.15) is 28.9 Å². The smallest absolute Gasteiger partial charge is 0.387 e. The van der Waals surface area contributed by atoms with Crippen LogP contribution in [0, 0.1) is 0 Å². The van der Waals surface area contributed by atoms with Gasteiger partial charge in [0.15, 0.2) is 11.9 Å². The molecule has 0 bridgehead atoms.